The summed E-state index contributed by atoms with van der Waals surface area (Å²) in [6.07, 6.45) is 1.80. The van der Waals surface area contributed by atoms with Crippen molar-refractivity contribution in [2.75, 3.05) is 46.6 Å². The van der Waals surface area contributed by atoms with Crippen LogP contribution in [-0.2, 0) is 16.0 Å². The fourth-order valence-electron chi connectivity index (χ4n) is 2.54. The molecule has 0 bridgehead atoms. The van der Waals surface area contributed by atoms with Gasteiger partial charge in [0.25, 0.3) is 5.91 Å². The van der Waals surface area contributed by atoms with Gasteiger partial charge in [0.1, 0.15) is 5.75 Å². The Hall–Kier alpha value is -1.63. The number of carbonyl (C=O) groups is 1. The molecule has 6 nitrogen and oxygen atoms in total. The van der Waals surface area contributed by atoms with Gasteiger partial charge in [-0.15, -0.1) is 0 Å². The van der Waals surface area contributed by atoms with E-state index in [-0.39, 0.29) is 0 Å². The zero-order valence-electron chi connectivity index (χ0n) is 13.8. The molecule has 1 fully saturated rings. The van der Waals surface area contributed by atoms with E-state index >= 15 is 0 Å². The molecule has 1 saturated heterocycles. The molecule has 128 valence electrons. The van der Waals surface area contributed by atoms with Crippen LogP contribution in [0, 0.1) is 0 Å². The van der Waals surface area contributed by atoms with Gasteiger partial charge in [0, 0.05) is 33.4 Å². The van der Waals surface area contributed by atoms with Crippen molar-refractivity contribution in [2.45, 2.75) is 19.4 Å². The predicted octanol–water partition coefficient (Wildman–Crippen LogP) is 1.42. The van der Waals surface area contributed by atoms with Gasteiger partial charge in [0.05, 0.1) is 25.4 Å². The number of carbonyl (C=O) groups excluding carboxylic acids is 1. The topological polar surface area (TPSA) is 74.0 Å². The highest BCUT2D eigenvalue weighted by Gasteiger charge is 2.14. The van der Waals surface area contributed by atoms with Crippen LogP contribution in [0.5, 0.6) is 5.75 Å². The molecule has 0 aliphatic carbocycles. The number of hydrogen-bond acceptors (Lipinski definition) is 5. The Bertz CT molecular complexity index is 501. The lowest BCUT2D eigenvalue weighted by molar-refractivity contribution is 0.0341. The van der Waals surface area contributed by atoms with Crippen molar-refractivity contribution in [1.29, 1.82) is 0 Å². The highest BCUT2D eigenvalue weighted by Crippen LogP contribution is 2.22. The summed E-state index contributed by atoms with van der Waals surface area (Å²) in [6, 6.07) is 5.61. The number of hydrogen-bond donors (Lipinski definition) is 1. The van der Waals surface area contributed by atoms with Crippen molar-refractivity contribution in [2.24, 2.45) is 5.73 Å². The number of unbranched alkanes of at least 4 members (excludes halogenated alkanes) is 1. The first kappa shape index (κ1) is 17.7. The van der Waals surface area contributed by atoms with Gasteiger partial charge in [-0.05, 0) is 30.5 Å². The second kappa shape index (κ2) is 9.50. The molecule has 0 aromatic heterocycles. The molecule has 1 amide bonds. The van der Waals surface area contributed by atoms with Gasteiger partial charge in [-0.3, -0.25) is 9.69 Å². The summed E-state index contributed by atoms with van der Waals surface area (Å²) >= 11 is 0. The summed E-state index contributed by atoms with van der Waals surface area (Å²) in [5.41, 5.74) is 6.98. The third-order valence-electron chi connectivity index (χ3n) is 3.82. The number of morpholine rings is 1. The molecule has 1 aliphatic heterocycles. The molecule has 2 N–H and O–H groups in total. The van der Waals surface area contributed by atoms with E-state index in [0.29, 0.717) is 24.5 Å². The molecule has 0 radical (unpaired) electrons. The van der Waals surface area contributed by atoms with Crippen molar-refractivity contribution in [3.05, 3.63) is 29.3 Å². The van der Waals surface area contributed by atoms with Crippen LogP contribution < -0.4 is 10.5 Å². The Morgan fingerprint density at radius 1 is 1.26 bits per heavy atom. The van der Waals surface area contributed by atoms with Gasteiger partial charge in [-0.2, -0.15) is 0 Å². The fraction of sp³-hybridized carbons (Fsp3) is 0.588. The second-order valence-corrected chi connectivity index (χ2v) is 5.63. The second-order valence-electron chi connectivity index (χ2n) is 5.63. The number of rotatable bonds is 9. The van der Waals surface area contributed by atoms with Crippen LogP contribution in [0.1, 0.15) is 28.8 Å². The molecule has 1 aromatic carbocycles. The van der Waals surface area contributed by atoms with E-state index in [1.165, 1.54) is 0 Å². The summed E-state index contributed by atoms with van der Waals surface area (Å²) < 4.78 is 16.1. The van der Waals surface area contributed by atoms with Gasteiger partial charge in [0.2, 0.25) is 0 Å². The fourth-order valence-corrected chi connectivity index (χ4v) is 2.54. The average Bonchev–Trinajstić information content (AvgIpc) is 2.55. The summed E-state index contributed by atoms with van der Waals surface area (Å²) in [7, 11) is 1.68. The number of amides is 1. The minimum absolute atomic E-state index is 0.433. The molecule has 2 rings (SSSR count). The molecule has 23 heavy (non-hydrogen) atoms. The zero-order chi connectivity index (χ0) is 16.5. The molecule has 0 atom stereocenters. The first-order valence-electron chi connectivity index (χ1n) is 8.05. The van der Waals surface area contributed by atoms with Crippen LogP contribution >= 0.6 is 0 Å². The Labute approximate surface area is 137 Å². The van der Waals surface area contributed by atoms with Crippen molar-refractivity contribution >= 4 is 5.91 Å². The highest BCUT2D eigenvalue weighted by atomic mass is 16.5. The summed E-state index contributed by atoms with van der Waals surface area (Å²) in [5.74, 6) is 0.107. The number of primary amides is 1. The number of benzene rings is 1. The Balaban J connectivity index is 1.97. The number of nitrogens with two attached hydrogens (primary N) is 1. The summed E-state index contributed by atoms with van der Waals surface area (Å²) in [4.78, 5) is 13.9. The molecule has 6 heteroatoms. The third kappa shape index (κ3) is 5.82. The number of nitrogens with zero attached hydrogens (tertiary/aromatic N) is 1. The van der Waals surface area contributed by atoms with Crippen molar-refractivity contribution in [3.8, 4) is 5.75 Å². The SMILES string of the molecule is COCCCCOc1cc(CN2CCOCC2)ccc1C(N)=O. The maximum atomic E-state index is 11.6. The van der Waals surface area contributed by atoms with Crippen molar-refractivity contribution < 1.29 is 19.0 Å². The van der Waals surface area contributed by atoms with Crippen LogP contribution in [0.15, 0.2) is 18.2 Å². The number of ether oxygens (including phenoxy) is 3. The maximum Gasteiger partial charge on any atom is 0.252 e. The smallest absolute Gasteiger partial charge is 0.252 e. The highest BCUT2D eigenvalue weighted by molar-refractivity contribution is 5.95. The lowest BCUT2D eigenvalue weighted by Gasteiger charge is -2.26. The quantitative estimate of drug-likeness (QED) is 0.696. The van der Waals surface area contributed by atoms with Crippen molar-refractivity contribution in [3.63, 3.8) is 0 Å². The van der Waals surface area contributed by atoms with Gasteiger partial charge >= 0.3 is 0 Å². The first-order valence-corrected chi connectivity index (χ1v) is 8.05. The molecular weight excluding hydrogens is 296 g/mol. The van der Waals surface area contributed by atoms with E-state index in [4.69, 9.17) is 19.9 Å². The molecule has 1 aliphatic rings. The minimum atomic E-state index is -0.463. The molecular formula is C17H26N2O4. The summed E-state index contributed by atoms with van der Waals surface area (Å²) in [6.45, 7) is 5.45. The molecule has 0 unspecified atom stereocenters. The zero-order valence-corrected chi connectivity index (χ0v) is 13.8. The van der Waals surface area contributed by atoms with Crippen LogP contribution in [0.2, 0.25) is 0 Å². The van der Waals surface area contributed by atoms with E-state index in [1.54, 1.807) is 13.2 Å². The van der Waals surface area contributed by atoms with E-state index in [1.807, 2.05) is 12.1 Å². The van der Waals surface area contributed by atoms with Gasteiger partial charge in [-0.25, -0.2) is 0 Å². The van der Waals surface area contributed by atoms with Crippen LogP contribution in [0.3, 0.4) is 0 Å². The largest absolute Gasteiger partial charge is 0.493 e. The van der Waals surface area contributed by atoms with Gasteiger partial charge in [-0.1, -0.05) is 6.07 Å². The average molecular weight is 322 g/mol. The monoisotopic (exact) mass is 322 g/mol. The number of methoxy groups -OCH3 is 1. The Morgan fingerprint density at radius 3 is 2.70 bits per heavy atom. The third-order valence-corrected chi connectivity index (χ3v) is 3.82. The first-order chi connectivity index (χ1) is 11.2. The Kier molecular flexibility index (Phi) is 7.32. The van der Waals surface area contributed by atoms with Gasteiger partial charge in [0.15, 0.2) is 0 Å². The van der Waals surface area contributed by atoms with E-state index in [9.17, 15) is 4.79 Å². The lowest BCUT2D eigenvalue weighted by Crippen LogP contribution is -2.35. The van der Waals surface area contributed by atoms with Crippen molar-refractivity contribution in [1.82, 2.24) is 4.90 Å². The van der Waals surface area contributed by atoms with E-state index < -0.39 is 5.91 Å². The standard InChI is InChI=1S/C17H26N2O4/c1-21-8-2-3-9-23-16-12-14(4-5-15(16)17(18)20)13-19-6-10-22-11-7-19/h4-5,12H,2-3,6-11,13H2,1H3,(H2,18,20). The normalized spacial score (nSPS) is 15.5. The Morgan fingerprint density at radius 2 is 2.00 bits per heavy atom. The molecule has 0 saturated carbocycles. The van der Waals surface area contributed by atoms with Crippen LogP contribution in [0.4, 0.5) is 0 Å². The molecule has 0 spiro atoms. The summed E-state index contributed by atoms with van der Waals surface area (Å²) in [5, 5.41) is 0. The molecule has 1 heterocycles. The van der Waals surface area contributed by atoms with Crippen LogP contribution in [-0.4, -0.2) is 57.4 Å². The van der Waals surface area contributed by atoms with E-state index in [0.717, 1.165) is 51.3 Å². The molecule has 1 aromatic rings. The lowest BCUT2D eigenvalue weighted by atomic mass is 10.1. The van der Waals surface area contributed by atoms with Gasteiger partial charge < -0.3 is 19.9 Å². The maximum absolute atomic E-state index is 11.6. The minimum Gasteiger partial charge on any atom is -0.493 e. The van der Waals surface area contributed by atoms with Crippen LogP contribution in [0.25, 0.3) is 0 Å². The predicted molar refractivity (Wildman–Crippen MR) is 87.7 cm³/mol. The van der Waals surface area contributed by atoms with E-state index in [2.05, 4.69) is 4.90 Å².